The van der Waals surface area contributed by atoms with E-state index in [1.54, 1.807) is 0 Å². The Morgan fingerprint density at radius 1 is 0.963 bits per heavy atom. The molecule has 27 heavy (non-hydrogen) atoms. The monoisotopic (exact) mass is 413 g/mol. The maximum absolute atomic E-state index is 12.8. The lowest BCUT2D eigenvalue weighted by atomic mass is 9.77. The maximum Gasteiger partial charge on any atom is 0.416 e. The fourth-order valence-electron chi connectivity index (χ4n) is 2.53. The second kappa shape index (κ2) is 7.16. The molecule has 1 aromatic heterocycles. The second-order valence-corrected chi connectivity index (χ2v) is 6.14. The molecule has 148 valence electrons. The van der Waals surface area contributed by atoms with Gasteiger partial charge in [-0.05, 0) is 49.1 Å². The summed E-state index contributed by atoms with van der Waals surface area (Å²) in [5.74, 6) is 0.214. The summed E-state index contributed by atoms with van der Waals surface area (Å²) < 4.78 is 81.9. The molecular weight excluding hydrogens is 400 g/mol. The summed E-state index contributed by atoms with van der Waals surface area (Å²) in [6, 6.07) is 1.29. The molecule has 0 amide bonds. The van der Waals surface area contributed by atoms with E-state index in [0.29, 0.717) is 25.0 Å². The standard InChI is InChI=1S/C16H13F6N3O.ClH/c17-15(18,19)10-6-9(7-11(8-10)16(20,21)22)2-3-12-24-13(25-26-12)14(23)4-1-5-14;/h2-3,6-8H,1,4-5,23H2;1H/b3-2+;. The smallest absolute Gasteiger partial charge is 0.335 e. The van der Waals surface area contributed by atoms with E-state index in [9.17, 15) is 26.3 Å². The van der Waals surface area contributed by atoms with Gasteiger partial charge >= 0.3 is 12.4 Å². The minimum Gasteiger partial charge on any atom is -0.335 e. The largest absolute Gasteiger partial charge is 0.416 e. The van der Waals surface area contributed by atoms with Gasteiger partial charge in [-0.25, -0.2) is 0 Å². The van der Waals surface area contributed by atoms with Crippen LogP contribution in [0.3, 0.4) is 0 Å². The molecule has 3 rings (SSSR count). The SMILES string of the molecule is Cl.NC1(c2noc(/C=C/c3cc(C(F)(F)F)cc(C(F)(F)F)c3)n2)CCC1. The molecule has 1 saturated carbocycles. The number of halogens is 7. The molecule has 0 aliphatic heterocycles. The minimum atomic E-state index is -4.91. The van der Waals surface area contributed by atoms with Gasteiger partial charge in [0.1, 0.15) is 0 Å². The Bertz CT molecular complexity index is 807. The first-order chi connectivity index (χ1) is 12.0. The van der Waals surface area contributed by atoms with E-state index in [-0.39, 0.29) is 35.8 Å². The zero-order valence-corrected chi connectivity index (χ0v) is 14.4. The van der Waals surface area contributed by atoms with Crippen LogP contribution in [0.1, 0.15) is 47.7 Å². The number of rotatable bonds is 3. The van der Waals surface area contributed by atoms with Crippen LogP contribution in [0.15, 0.2) is 22.7 Å². The van der Waals surface area contributed by atoms with E-state index in [0.717, 1.165) is 18.6 Å². The normalized spacial score (nSPS) is 16.9. The molecule has 1 aliphatic rings. The number of hydrogen-bond acceptors (Lipinski definition) is 4. The van der Waals surface area contributed by atoms with E-state index in [1.807, 2.05) is 0 Å². The van der Waals surface area contributed by atoms with Crippen molar-refractivity contribution in [1.29, 1.82) is 0 Å². The number of aromatic nitrogens is 2. The highest BCUT2D eigenvalue weighted by atomic mass is 35.5. The van der Waals surface area contributed by atoms with Crippen LogP contribution in [-0.2, 0) is 17.9 Å². The second-order valence-electron chi connectivity index (χ2n) is 6.14. The molecule has 2 N–H and O–H groups in total. The molecule has 4 nitrogen and oxygen atoms in total. The van der Waals surface area contributed by atoms with Gasteiger partial charge in [-0.3, -0.25) is 0 Å². The fourth-order valence-corrected chi connectivity index (χ4v) is 2.53. The molecule has 0 spiro atoms. The van der Waals surface area contributed by atoms with Gasteiger partial charge in [0.2, 0.25) is 0 Å². The minimum absolute atomic E-state index is 0. The Balaban J connectivity index is 0.00000261. The number of benzene rings is 1. The number of hydrogen-bond donors (Lipinski definition) is 1. The summed E-state index contributed by atoms with van der Waals surface area (Å²) in [5.41, 5.74) is 2.25. The lowest BCUT2D eigenvalue weighted by Gasteiger charge is -2.34. The van der Waals surface area contributed by atoms with Gasteiger partial charge < -0.3 is 10.3 Å². The first kappa shape index (κ1) is 21.2. The molecule has 0 saturated heterocycles. The van der Waals surface area contributed by atoms with E-state index in [2.05, 4.69) is 10.1 Å². The molecule has 1 aromatic carbocycles. The van der Waals surface area contributed by atoms with Crippen LogP contribution in [0.25, 0.3) is 12.2 Å². The number of nitrogens with zero attached hydrogens (tertiary/aromatic N) is 2. The Morgan fingerprint density at radius 2 is 1.52 bits per heavy atom. The Labute approximate surface area is 155 Å². The van der Waals surface area contributed by atoms with Gasteiger partial charge in [0.15, 0.2) is 5.82 Å². The molecule has 0 bridgehead atoms. The third-order valence-electron chi connectivity index (χ3n) is 4.16. The first-order valence-electron chi connectivity index (χ1n) is 7.58. The van der Waals surface area contributed by atoms with Crippen LogP contribution >= 0.6 is 12.4 Å². The molecule has 1 aliphatic carbocycles. The number of alkyl halides is 6. The van der Waals surface area contributed by atoms with Gasteiger partial charge in [-0.15, -0.1) is 12.4 Å². The van der Waals surface area contributed by atoms with Crippen molar-refractivity contribution in [2.75, 3.05) is 0 Å². The summed E-state index contributed by atoms with van der Waals surface area (Å²) >= 11 is 0. The van der Waals surface area contributed by atoms with Gasteiger partial charge in [0.25, 0.3) is 5.89 Å². The van der Waals surface area contributed by atoms with Crippen LogP contribution in [0.2, 0.25) is 0 Å². The van der Waals surface area contributed by atoms with Crippen LogP contribution in [0.5, 0.6) is 0 Å². The van der Waals surface area contributed by atoms with Crippen LogP contribution in [0, 0.1) is 0 Å². The molecule has 2 aromatic rings. The molecule has 1 heterocycles. The molecule has 0 atom stereocenters. The third-order valence-corrected chi connectivity index (χ3v) is 4.16. The van der Waals surface area contributed by atoms with E-state index in [4.69, 9.17) is 10.3 Å². The summed E-state index contributed by atoms with van der Waals surface area (Å²) in [5, 5.41) is 3.71. The highest BCUT2D eigenvalue weighted by Gasteiger charge is 2.39. The zero-order chi connectivity index (χ0) is 19.2. The molecule has 0 radical (unpaired) electrons. The summed E-state index contributed by atoms with van der Waals surface area (Å²) in [6.45, 7) is 0. The van der Waals surface area contributed by atoms with Gasteiger partial charge in [-0.1, -0.05) is 5.16 Å². The Hall–Kier alpha value is -2.07. The van der Waals surface area contributed by atoms with Crippen molar-refractivity contribution < 1.29 is 30.9 Å². The van der Waals surface area contributed by atoms with Crippen molar-refractivity contribution in [3.63, 3.8) is 0 Å². The van der Waals surface area contributed by atoms with Crippen molar-refractivity contribution >= 4 is 24.6 Å². The van der Waals surface area contributed by atoms with Crippen molar-refractivity contribution in [3.05, 3.63) is 46.6 Å². The number of nitrogens with two attached hydrogens (primary N) is 1. The van der Waals surface area contributed by atoms with Gasteiger partial charge in [0.05, 0.1) is 16.7 Å². The Kier molecular flexibility index (Phi) is 5.63. The van der Waals surface area contributed by atoms with Crippen LogP contribution < -0.4 is 5.73 Å². The predicted molar refractivity (Wildman–Crippen MR) is 86.6 cm³/mol. The highest BCUT2D eigenvalue weighted by molar-refractivity contribution is 5.85. The van der Waals surface area contributed by atoms with Gasteiger partial charge in [-0.2, -0.15) is 31.3 Å². The Morgan fingerprint density at radius 3 is 1.96 bits per heavy atom. The first-order valence-corrected chi connectivity index (χ1v) is 7.58. The summed E-state index contributed by atoms with van der Waals surface area (Å²) in [4.78, 5) is 4.03. The average Bonchev–Trinajstić information content (AvgIpc) is 2.98. The molecule has 11 heteroatoms. The van der Waals surface area contributed by atoms with E-state index < -0.39 is 29.0 Å². The summed E-state index contributed by atoms with van der Waals surface area (Å²) in [6.07, 6.45) is -5.34. The van der Waals surface area contributed by atoms with Crippen molar-refractivity contribution in [3.8, 4) is 0 Å². The van der Waals surface area contributed by atoms with Crippen molar-refractivity contribution in [2.45, 2.75) is 37.2 Å². The third kappa shape index (κ3) is 4.62. The van der Waals surface area contributed by atoms with E-state index in [1.165, 1.54) is 0 Å². The van der Waals surface area contributed by atoms with Gasteiger partial charge in [0, 0.05) is 6.08 Å². The zero-order valence-electron chi connectivity index (χ0n) is 13.6. The summed E-state index contributed by atoms with van der Waals surface area (Å²) in [7, 11) is 0. The van der Waals surface area contributed by atoms with E-state index >= 15 is 0 Å². The lowest BCUT2D eigenvalue weighted by Crippen LogP contribution is -2.44. The van der Waals surface area contributed by atoms with Crippen molar-refractivity contribution in [2.24, 2.45) is 5.73 Å². The van der Waals surface area contributed by atoms with Crippen LogP contribution in [0.4, 0.5) is 26.3 Å². The maximum atomic E-state index is 12.8. The quantitative estimate of drug-likeness (QED) is 0.716. The lowest BCUT2D eigenvalue weighted by molar-refractivity contribution is -0.143. The molecule has 1 fully saturated rings. The predicted octanol–water partition coefficient (Wildman–Crippen LogP) is 5.04. The fraction of sp³-hybridized carbons (Fsp3) is 0.375. The highest BCUT2D eigenvalue weighted by Crippen LogP contribution is 2.38. The average molecular weight is 414 g/mol. The van der Waals surface area contributed by atoms with Crippen LogP contribution in [-0.4, -0.2) is 10.1 Å². The topological polar surface area (TPSA) is 64.9 Å². The van der Waals surface area contributed by atoms with Crippen molar-refractivity contribution in [1.82, 2.24) is 10.1 Å². The molecule has 0 unspecified atom stereocenters. The molecular formula is C16H14ClF6N3O.